The van der Waals surface area contributed by atoms with Crippen LogP contribution in [0.25, 0.3) is 0 Å². The molecule has 1 aromatic rings. The fraction of sp³-hybridized carbons (Fsp3) is 0.667. The topological polar surface area (TPSA) is 64.3 Å². The van der Waals surface area contributed by atoms with Gasteiger partial charge in [0, 0.05) is 19.0 Å². The number of carboxylic acid groups (broad SMARTS) is 1. The van der Waals surface area contributed by atoms with Gasteiger partial charge < -0.3 is 14.4 Å². The number of aromatic nitrogens is 2. The number of aliphatic carboxylic acids is 1. The molecule has 1 aromatic heterocycles. The van der Waals surface area contributed by atoms with Crippen molar-refractivity contribution in [2.24, 2.45) is 0 Å². The van der Waals surface area contributed by atoms with Crippen molar-refractivity contribution >= 4 is 17.7 Å². The molecular weight excluding hydrogens is 252 g/mol. The molecule has 1 unspecified atom stereocenters. The summed E-state index contributed by atoms with van der Waals surface area (Å²) in [7, 11) is 1.68. The molecule has 1 rings (SSSR count). The number of rotatable bonds is 8. The summed E-state index contributed by atoms with van der Waals surface area (Å²) >= 11 is 1.26. The van der Waals surface area contributed by atoms with E-state index in [-0.39, 0.29) is 11.8 Å². The van der Waals surface area contributed by atoms with Gasteiger partial charge in [-0.05, 0) is 12.8 Å². The van der Waals surface area contributed by atoms with Crippen LogP contribution in [-0.2, 0) is 16.0 Å². The van der Waals surface area contributed by atoms with Gasteiger partial charge in [0.2, 0.25) is 0 Å². The molecule has 0 aliphatic rings. The average Bonchev–Trinajstić information content (AvgIpc) is 2.76. The number of hydrogen-bond acceptors (Lipinski definition) is 4. The fourth-order valence-electron chi connectivity index (χ4n) is 1.83. The first-order chi connectivity index (χ1) is 8.63. The second-order valence-electron chi connectivity index (χ2n) is 3.96. The Bertz CT molecular complexity index is 393. The Morgan fingerprint density at radius 3 is 2.83 bits per heavy atom. The quantitative estimate of drug-likeness (QED) is 0.735. The summed E-state index contributed by atoms with van der Waals surface area (Å²) in [5, 5.41) is 9.51. The molecule has 102 valence electrons. The molecule has 0 saturated heterocycles. The van der Waals surface area contributed by atoms with Crippen LogP contribution in [0.4, 0.5) is 0 Å². The van der Waals surface area contributed by atoms with E-state index in [4.69, 9.17) is 9.84 Å². The van der Waals surface area contributed by atoms with Crippen molar-refractivity contribution in [3.63, 3.8) is 0 Å². The van der Waals surface area contributed by atoms with Crippen molar-refractivity contribution in [2.45, 2.75) is 37.9 Å². The van der Waals surface area contributed by atoms with E-state index in [1.807, 2.05) is 6.20 Å². The van der Waals surface area contributed by atoms with Crippen molar-refractivity contribution in [3.05, 3.63) is 11.9 Å². The van der Waals surface area contributed by atoms with Gasteiger partial charge in [0.25, 0.3) is 0 Å². The zero-order chi connectivity index (χ0) is 13.5. The molecule has 0 spiro atoms. The Morgan fingerprint density at radius 1 is 1.61 bits per heavy atom. The average molecular weight is 272 g/mol. The molecule has 0 radical (unpaired) electrons. The molecule has 0 aliphatic heterocycles. The van der Waals surface area contributed by atoms with Gasteiger partial charge >= 0.3 is 5.97 Å². The second-order valence-corrected chi connectivity index (χ2v) is 4.90. The standard InChI is InChI=1S/C12H20N2O3S/c1-4-9-6-13-12(18-8-11(15)16)14(9)10(5-2)7-17-3/h6,10H,4-5,7-8H2,1-3H3,(H,15,16). The molecule has 5 nitrogen and oxygen atoms in total. The van der Waals surface area contributed by atoms with Crippen LogP contribution in [-0.4, -0.2) is 40.1 Å². The summed E-state index contributed by atoms with van der Waals surface area (Å²) in [6, 6.07) is 0.212. The van der Waals surface area contributed by atoms with Crippen molar-refractivity contribution < 1.29 is 14.6 Å². The van der Waals surface area contributed by atoms with Gasteiger partial charge in [-0.15, -0.1) is 0 Å². The molecule has 1 atom stereocenters. The number of imidazole rings is 1. The Morgan fingerprint density at radius 2 is 2.33 bits per heavy atom. The maximum atomic E-state index is 10.6. The van der Waals surface area contributed by atoms with Crippen LogP contribution in [0.2, 0.25) is 0 Å². The lowest BCUT2D eigenvalue weighted by molar-refractivity contribution is -0.133. The van der Waals surface area contributed by atoms with Gasteiger partial charge in [0.1, 0.15) is 0 Å². The highest BCUT2D eigenvalue weighted by molar-refractivity contribution is 7.99. The van der Waals surface area contributed by atoms with Crippen molar-refractivity contribution in [2.75, 3.05) is 19.5 Å². The minimum atomic E-state index is -0.826. The molecular formula is C12H20N2O3S. The zero-order valence-corrected chi connectivity index (χ0v) is 11.9. The maximum absolute atomic E-state index is 10.6. The van der Waals surface area contributed by atoms with Gasteiger partial charge in [-0.1, -0.05) is 25.6 Å². The number of ether oxygens (including phenoxy) is 1. The lowest BCUT2D eigenvalue weighted by Crippen LogP contribution is -2.17. The molecule has 0 aliphatic carbocycles. The summed E-state index contributed by atoms with van der Waals surface area (Å²) in [4.78, 5) is 15.0. The Hall–Kier alpha value is -1.01. The number of methoxy groups -OCH3 is 1. The zero-order valence-electron chi connectivity index (χ0n) is 11.0. The summed E-state index contributed by atoms with van der Waals surface area (Å²) in [5.74, 6) is -0.795. The molecule has 18 heavy (non-hydrogen) atoms. The third-order valence-corrected chi connectivity index (χ3v) is 3.67. The van der Waals surface area contributed by atoms with Gasteiger partial charge in [-0.3, -0.25) is 4.79 Å². The molecule has 6 heteroatoms. The smallest absolute Gasteiger partial charge is 0.313 e. The Balaban J connectivity index is 2.96. The minimum absolute atomic E-state index is 0.0313. The first kappa shape index (κ1) is 15.0. The van der Waals surface area contributed by atoms with Crippen molar-refractivity contribution in [1.82, 2.24) is 9.55 Å². The normalized spacial score (nSPS) is 12.6. The van der Waals surface area contributed by atoms with Gasteiger partial charge in [-0.2, -0.15) is 0 Å². The van der Waals surface area contributed by atoms with E-state index in [9.17, 15) is 4.79 Å². The molecule has 1 heterocycles. The highest BCUT2D eigenvalue weighted by Crippen LogP contribution is 2.25. The molecule has 0 amide bonds. The number of nitrogens with zero attached hydrogens (tertiary/aromatic N) is 2. The highest BCUT2D eigenvalue weighted by atomic mass is 32.2. The van der Waals surface area contributed by atoms with Crippen LogP contribution in [0.15, 0.2) is 11.4 Å². The van der Waals surface area contributed by atoms with E-state index in [0.29, 0.717) is 6.61 Å². The van der Waals surface area contributed by atoms with E-state index >= 15 is 0 Å². The number of thioether (sulfide) groups is 1. The van der Waals surface area contributed by atoms with Gasteiger partial charge in [0.05, 0.1) is 18.4 Å². The number of aryl methyl sites for hydroxylation is 1. The van der Waals surface area contributed by atoms with Crippen LogP contribution in [0.5, 0.6) is 0 Å². The molecule has 0 bridgehead atoms. The van der Waals surface area contributed by atoms with Crippen LogP contribution in [0.1, 0.15) is 32.0 Å². The van der Waals surface area contributed by atoms with E-state index in [1.54, 1.807) is 7.11 Å². The Labute approximate surface area is 112 Å². The summed E-state index contributed by atoms with van der Waals surface area (Å²) in [6.07, 6.45) is 3.63. The monoisotopic (exact) mass is 272 g/mol. The van der Waals surface area contributed by atoms with Crippen LogP contribution in [0.3, 0.4) is 0 Å². The maximum Gasteiger partial charge on any atom is 0.313 e. The molecule has 0 fully saturated rings. The third-order valence-electron chi connectivity index (χ3n) is 2.72. The first-order valence-electron chi connectivity index (χ1n) is 6.03. The fourth-order valence-corrected chi connectivity index (χ4v) is 2.61. The van der Waals surface area contributed by atoms with E-state index < -0.39 is 5.97 Å². The molecule has 1 N–H and O–H groups in total. The van der Waals surface area contributed by atoms with E-state index in [2.05, 4.69) is 23.4 Å². The number of carboxylic acids is 1. The SMILES string of the molecule is CCc1cnc(SCC(=O)O)n1C(CC)COC. The van der Waals surface area contributed by atoms with Crippen LogP contribution >= 0.6 is 11.8 Å². The summed E-state index contributed by atoms with van der Waals surface area (Å²) in [6.45, 7) is 4.77. The lowest BCUT2D eigenvalue weighted by atomic mass is 10.2. The van der Waals surface area contributed by atoms with E-state index in [1.165, 1.54) is 11.8 Å². The predicted molar refractivity (Wildman–Crippen MR) is 71.2 cm³/mol. The first-order valence-corrected chi connectivity index (χ1v) is 7.02. The highest BCUT2D eigenvalue weighted by Gasteiger charge is 2.18. The van der Waals surface area contributed by atoms with Gasteiger partial charge in [0.15, 0.2) is 5.16 Å². The number of hydrogen-bond donors (Lipinski definition) is 1. The number of carbonyl (C=O) groups is 1. The summed E-state index contributed by atoms with van der Waals surface area (Å²) < 4.78 is 7.33. The largest absolute Gasteiger partial charge is 0.481 e. The minimum Gasteiger partial charge on any atom is -0.481 e. The molecule has 0 saturated carbocycles. The van der Waals surface area contributed by atoms with Gasteiger partial charge in [-0.25, -0.2) is 4.98 Å². The van der Waals surface area contributed by atoms with Crippen LogP contribution in [0, 0.1) is 0 Å². The van der Waals surface area contributed by atoms with Crippen molar-refractivity contribution in [1.29, 1.82) is 0 Å². The Kier molecular flexibility index (Phi) is 6.21. The predicted octanol–water partition coefficient (Wildman–Crippen LogP) is 2.22. The second kappa shape index (κ2) is 7.43. The molecule has 0 aromatic carbocycles. The third kappa shape index (κ3) is 3.74. The van der Waals surface area contributed by atoms with Crippen molar-refractivity contribution in [3.8, 4) is 0 Å². The lowest BCUT2D eigenvalue weighted by Gasteiger charge is -2.20. The summed E-state index contributed by atoms with van der Waals surface area (Å²) in [5.41, 5.74) is 1.12. The van der Waals surface area contributed by atoms with Crippen LogP contribution < -0.4 is 0 Å². The van der Waals surface area contributed by atoms with E-state index in [0.717, 1.165) is 23.7 Å².